The minimum Gasteiger partial charge on any atom is -0.490 e. The quantitative estimate of drug-likeness (QED) is 0.761. The van der Waals surface area contributed by atoms with Crippen molar-refractivity contribution < 1.29 is 17.9 Å². The zero-order valence-electron chi connectivity index (χ0n) is 14.4. The van der Waals surface area contributed by atoms with Crippen LogP contribution < -0.4 is 19.5 Å². The third-order valence-corrected chi connectivity index (χ3v) is 5.29. The Hall–Kier alpha value is -1.02. The summed E-state index contributed by atoms with van der Waals surface area (Å²) in [7, 11) is -3.57. The van der Waals surface area contributed by atoms with Gasteiger partial charge in [-0.1, -0.05) is 0 Å². The summed E-state index contributed by atoms with van der Waals surface area (Å²) in [4.78, 5) is 0.204. The second kappa shape index (κ2) is 9.46. The first-order valence-electron chi connectivity index (χ1n) is 8.11. The Morgan fingerprint density at radius 1 is 1.21 bits per heavy atom. The lowest BCUT2D eigenvalue weighted by Crippen LogP contribution is -2.46. The molecule has 8 heteroatoms. The van der Waals surface area contributed by atoms with Gasteiger partial charge in [0, 0.05) is 18.2 Å². The van der Waals surface area contributed by atoms with Gasteiger partial charge in [-0.3, -0.25) is 0 Å². The van der Waals surface area contributed by atoms with E-state index in [2.05, 4.69) is 17.0 Å². The Balaban J connectivity index is 0.00000288. The normalized spacial score (nSPS) is 21.0. The molecule has 2 unspecified atom stereocenters. The molecule has 1 aliphatic heterocycles. The highest BCUT2D eigenvalue weighted by molar-refractivity contribution is 7.89. The number of sulfonamides is 1. The van der Waals surface area contributed by atoms with Crippen molar-refractivity contribution in [1.29, 1.82) is 0 Å². The highest BCUT2D eigenvalue weighted by Crippen LogP contribution is 2.30. The van der Waals surface area contributed by atoms with E-state index in [1.165, 1.54) is 6.07 Å². The van der Waals surface area contributed by atoms with E-state index in [4.69, 9.17) is 9.47 Å². The second-order valence-electron chi connectivity index (χ2n) is 5.67. The number of ether oxygens (including phenoxy) is 2. The molecule has 0 saturated carbocycles. The van der Waals surface area contributed by atoms with Crippen LogP contribution >= 0.6 is 12.4 Å². The molecular weight excluding hydrogens is 352 g/mol. The van der Waals surface area contributed by atoms with Crippen molar-refractivity contribution in [2.24, 2.45) is 0 Å². The summed E-state index contributed by atoms with van der Waals surface area (Å²) in [5.41, 5.74) is 0. The standard InChI is InChI=1S/C16H26N2O4S.ClH/c1-4-21-15-7-6-14(11-16(15)22-5-2)23(19,20)18-13-8-9-17-12(3)10-13;/h6-7,11-13,17-18H,4-5,8-10H2,1-3H3;1H. The molecule has 0 radical (unpaired) electrons. The Labute approximate surface area is 150 Å². The predicted molar refractivity (Wildman–Crippen MR) is 96.8 cm³/mol. The summed E-state index contributed by atoms with van der Waals surface area (Å²) in [5, 5.41) is 3.31. The van der Waals surface area contributed by atoms with Crippen LogP contribution in [0.4, 0.5) is 0 Å². The largest absolute Gasteiger partial charge is 0.490 e. The topological polar surface area (TPSA) is 76.7 Å². The molecule has 2 atom stereocenters. The lowest BCUT2D eigenvalue weighted by molar-refractivity contribution is 0.287. The van der Waals surface area contributed by atoms with Gasteiger partial charge in [0.25, 0.3) is 0 Å². The third kappa shape index (κ3) is 5.51. The van der Waals surface area contributed by atoms with Crippen LogP contribution in [-0.4, -0.2) is 40.3 Å². The Bertz CT molecular complexity index is 625. The number of benzene rings is 1. The summed E-state index contributed by atoms with van der Waals surface area (Å²) in [6, 6.07) is 5.00. The lowest BCUT2D eigenvalue weighted by atomic mass is 10.0. The molecule has 0 bridgehead atoms. The van der Waals surface area contributed by atoms with E-state index in [1.807, 2.05) is 13.8 Å². The third-order valence-electron chi connectivity index (χ3n) is 3.77. The average molecular weight is 379 g/mol. The van der Waals surface area contributed by atoms with Crippen molar-refractivity contribution in [1.82, 2.24) is 10.0 Å². The molecule has 0 spiro atoms. The van der Waals surface area contributed by atoms with E-state index < -0.39 is 10.0 Å². The molecule has 0 aliphatic carbocycles. The van der Waals surface area contributed by atoms with Crippen molar-refractivity contribution in [2.45, 2.75) is 50.6 Å². The maximum atomic E-state index is 12.6. The minimum atomic E-state index is -3.57. The summed E-state index contributed by atoms with van der Waals surface area (Å²) in [6.45, 7) is 7.55. The summed E-state index contributed by atoms with van der Waals surface area (Å²) in [5.74, 6) is 1.01. The van der Waals surface area contributed by atoms with E-state index in [0.29, 0.717) is 30.8 Å². The van der Waals surface area contributed by atoms with E-state index in [9.17, 15) is 8.42 Å². The maximum absolute atomic E-state index is 12.6. The van der Waals surface area contributed by atoms with Crippen molar-refractivity contribution in [3.63, 3.8) is 0 Å². The van der Waals surface area contributed by atoms with Crippen LogP contribution in [0.3, 0.4) is 0 Å². The van der Waals surface area contributed by atoms with Gasteiger partial charge in [0.05, 0.1) is 18.1 Å². The summed E-state index contributed by atoms with van der Waals surface area (Å²) >= 11 is 0. The van der Waals surface area contributed by atoms with Gasteiger partial charge in [0.1, 0.15) is 0 Å². The van der Waals surface area contributed by atoms with Gasteiger partial charge in [0.2, 0.25) is 10.0 Å². The molecule has 138 valence electrons. The van der Waals surface area contributed by atoms with Crippen LogP contribution in [0.5, 0.6) is 11.5 Å². The van der Waals surface area contributed by atoms with Gasteiger partial charge in [-0.2, -0.15) is 0 Å². The number of halogens is 1. The molecule has 2 N–H and O–H groups in total. The summed E-state index contributed by atoms with van der Waals surface area (Å²) < 4.78 is 39.0. The number of rotatable bonds is 7. The summed E-state index contributed by atoms with van der Waals surface area (Å²) in [6.07, 6.45) is 1.58. The minimum absolute atomic E-state index is 0. The van der Waals surface area contributed by atoms with Crippen molar-refractivity contribution in [2.75, 3.05) is 19.8 Å². The van der Waals surface area contributed by atoms with Crippen LogP contribution in [0.2, 0.25) is 0 Å². The lowest BCUT2D eigenvalue weighted by Gasteiger charge is -2.28. The van der Waals surface area contributed by atoms with E-state index in [0.717, 1.165) is 19.4 Å². The number of hydrogen-bond donors (Lipinski definition) is 2. The van der Waals surface area contributed by atoms with Gasteiger partial charge in [-0.25, -0.2) is 13.1 Å². The maximum Gasteiger partial charge on any atom is 0.240 e. The van der Waals surface area contributed by atoms with Crippen LogP contribution in [-0.2, 0) is 10.0 Å². The fourth-order valence-corrected chi connectivity index (χ4v) is 4.02. The van der Waals surface area contributed by atoms with Gasteiger partial charge in [-0.05, 0) is 52.3 Å². The zero-order chi connectivity index (χ0) is 16.9. The average Bonchev–Trinajstić information content (AvgIpc) is 2.49. The van der Waals surface area contributed by atoms with Crippen LogP contribution in [0, 0.1) is 0 Å². The van der Waals surface area contributed by atoms with E-state index in [1.54, 1.807) is 12.1 Å². The smallest absolute Gasteiger partial charge is 0.240 e. The highest BCUT2D eigenvalue weighted by atomic mass is 35.5. The Kier molecular flexibility index (Phi) is 8.29. The van der Waals surface area contributed by atoms with Crippen LogP contribution in [0.15, 0.2) is 23.1 Å². The molecule has 1 heterocycles. The fourth-order valence-electron chi connectivity index (χ4n) is 2.73. The predicted octanol–water partition coefficient (Wildman–Crippen LogP) is 2.32. The molecule has 1 aromatic rings. The molecule has 1 aliphatic rings. The molecule has 24 heavy (non-hydrogen) atoms. The first kappa shape index (κ1) is 21.0. The number of hydrogen-bond acceptors (Lipinski definition) is 5. The Morgan fingerprint density at radius 2 is 1.88 bits per heavy atom. The molecule has 2 rings (SSSR count). The molecule has 1 aromatic carbocycles. The van der Waals surface area contributed by atoms with Crippen LogP contribution in [0.25, 0.3) is 0 Å². The first-order valence-corrected chi connectivity index (χ1v) is 9.60. The zero-order valence-corrected chi connectivity index (χ0v) is 16.0. The van der Waals surface area contributed by atoms with Gasteiger partial charge in [0.15, 0.2) is 11.5 Å². The van der Waals surface area contributed by atoms with E-state index >= 15 is 0 Å². The van der Waals surface area contributed by atoms with Crippen molar-refractivity contribution >= 4 is 22.4 Å². The molecule has 6 nitrogen and oxygen atoms in total. The van der Waals surface area contributed by atoms with E-state index in [-0.39, 0.29) is 23.3 Å². The molecular formula is C16H27ClN2O4S. The van der Waals surface area contributed by atoms with Crippen molar-refractivity contribution in [3.8, 4) is 11.5 Å². The highest BCUT2D eigenvalue weighted by Gasteiger charge is 2.25. The molecule has 1 saturated heterocycles. The van der Waals surface area contributed by atoms with Gasteiger partial charge >= 0.3 is 0 Å². The second-order valence-corrected chi connectivity index (χ2v) is 7.39. The molecule has 0 amide bonds. The first-order chi connectivity index (χ1) is 11.0. The monoisotopic (exact) mass is 378 g/mol. The fraction of sp³-hybridized carbons (Fsp3) is 0.625. The van der Waals surface area contributed by atoms with Gasteiger partial charge < -0.3 is 14.8 Å². The SMILES string of the molecule is CCOc1ccc(S(=O)(=O)NC2CCNC(C)C2)cc1OCC.Cl. The number of nitrogens with one attached hydrogen (secondary N) is 2. The number of piperidine rings is 1. The molecule has 0 aromatic heterocycles. The van der Waals surface area contributed by atoms with Crippen LogP contribution in [0.1, 0.15) is 33.6 Å². The van der Waals surface area contributed by atoms with Gasteiger partial charge in [-0.15, -0.1) is 12.4 Å². The van der Waals surface area contributed by atoms with Crippen molar-refractivity contribution in [3.05, 3.63) is 18.2 Å². The Morgan fingerprint density at radius 3 is 2.50 bits per heavy atom. The molecule has 1 fully saturated rings.